The molecule has 1 aromatic carbocycles. The minimum atomic E-state index is 1.03. The number of rotatable bonds is 0. The first-order valence-corrected chi connectivity index (χ1v) is 4.43. The number of halogens is 1. The lowest BCUT2D eigenvalue weighted by Crippen LogP contribution is -1.97. The number of allylic oxidation sites excluding steroid dienone is 1. The fraction of sp³-hybridized carbons (Fsp3) is 0.100. The van der Waals surface area contributed by atoms with Gasteiger partial charge < -0.3 is 0 Å². The summed E-state index contributed by atoms with van der Waals surface area (Å²) in [4.78, 5) is 1.26. The van der Waals surface area contributed by atoms with Crippen molar-refractivity contribution in [3.8, 4) is 0 Å². The van der Waals surface area contributed by atoms with Crippen molar-refractivity contribution in [1.82, 2.24) is 0 Å². The average Bonchev–Trinajstić information content (AvgIpc) is 2.04. The van der Waals surface area contributed by atoms with E-state index in [1.165, 1.54) is 16.0 Å². The summed E-state index contributed by atoms with van der Waals surface area (Å²) < 4.78 is 0. The lowest BCUT2D eigenvalue weighted by atomic mass is 9.98. The zero-order valence-electron chi connectivity index (χ0n) is 6.05. The van der Waals surface area contributed by atoms with Gasteiger partial charge in [0.2, 0.25) is 0 Å². The molecule has 0 saturated heterocycles. The second-order valence-corrected chi connectivity index (χ2v) is 3.67. The Morgan fingerprint density at radius 3 is 2.82 bits per heavy atom. The summed E-state index contributed by atoms with van der Waals surface area (Å²) in [6.07, 6.45) is 5.29. The van der Waals surface area contributed by atoms with Crippen LogP contribution in [0.25, 0.3) is 6.08 Å². The Labute approximate surface area is 75.1 Å². The lowest BCUT2D eigenvalue weighted by molar-refractivity contribution is 1.15. The molecule has 0 aromatic heterocycles. The van der Waals surface area contributed by atoms with E-state index < -0.39 is 0 Å². The molecule has 0 fully saturated rings. The van der Waals surface area contributed by atoms with Gasteiger partial charge in [-0.15, -0.1) is 0 Å². The van der Waals surface area contributed by atoms with Crippen molar-refractivity contribution in [3.05, 3.63) is 46.3 Å². The van der Waals surface area contributed by atoms with Crippen molar-refractivity contribution in [3.63, 3.8) is 0 Å². The van der Waals surface area contributed by atoms with Crippen molar-refractivity contribution in [1.29, 1.82) is 0 Å². The zero-order valence-corrected chi connectivity index (χ0v) is 7.64. The van der Waals surface area contributed by atoms with Gasteiger partial charge >= 0.3 is 0 Å². The van der Waals surface area contributed by atoms with E-state index in [0.29, 0.717) is 0 Å². The van der Waals surface area contributed by atoms with Crippen molar-refractivity contribution in [2.45, 2.75) is 6.42 Å². The Kier molecular flexibility index (Phi) is 1.82. The predicted octanol–water partition coefficient (Wildman–Crippen LogP) is 3.18. The van der Waals surface area contributed by atoms with Crippen molar-refractivity contribution in [2.75, 3.05) is 0 Å². The molecule has 0 atom stereocenters. The first-order chi connectivity index (χ1) is 5.36. The summed E-state index contributed by atoms with van der Waals surface area (Å²) in [6.45, 7) is 0. The van der Waals surface area contributed by atoms with Crippen LogP contribution in [-0.2, 0) is 6.42 Å². The molecule has 11 heavy (non-hydrogen) atoms. The quantitative estimate of drug-likeness (QED) is 0.614. The third kappa shape index (κ3) is 1.38. The van der Waals surface area contributed by atoms with Gasteiger partial charge in [0, 0.05) is 0 Å². The highest BCUT2D eigenvalue weighted by Crippen LogP contribution is 2.27. The van der Waals surface area contributed by atoms with Gasteiger partial charge in [-0.25, -0.2) is 0 Å². The summed E-state index contributed by atoms with van der Waals surface area (Å²) >= 11 is 3.49. The summed E-state index contributed by atoms with van der Waals surface area (Å²) in [6, 6.07) is 8.46. The topological polar surface area (TPSA) is 0 Å². The molecule has 0 N–H and O–H groups in total. The molecule has 0 spiro atoms. The standard InChI is InChI=1S/C10H8Br/c11-10-6-5-8-3-1-2-4-9(8)7-10/h1-6H,7H2. The van der Waals surface area contributed by atoms with E-state index in [2.05, 4.69) is 52.3 Å². The first-order valence-electron chi connectivity index (χ1n) is 3.63. The number of fused-ring (bicyclic) bond motifs is 1. The van der Waals surface area contributed by atoms with E-state index in [1.54, 1.807) is 0 Å². The van der Waals surface area contributed by atoms with Gasteiger partial charge in [-0.05, 0) is 17.5 Å². The molecule has 1 radical (unpaired) electrons. The molecule has 0 saturated carbocycles. The van der Waals surface area contributed by atoms with Gasteiger partial charge in [0.1, 0.15) is 0 Å². The molecule has 2 rings (SSSR count). The molecular weight excluding hydrogens is 200 g/mol. The van der Waals surface area contributed by atoms with Gasteiger partial charge in [-0.1, -0.05) is 52.3 Å². The van der Waals surface area contributed by atoms with Gasteiger partial charge in [0.25, 0.3) is 0 Å². The van der Waals surface area contributed by atoms with Crippen molar-refractivity contribution in [2.24, 2.45) is 0 Å². The molecule has 0 amide bonds. The minimum Gasteiger partial charge on any atom is -0.0785 e. The maximum atomic E-state index is 3.49. The van der Waals surface area contributed by atoms with Crippen LogP contribution in [0.15, 0.2) is 30.3 Å². The molecule has 1 aliphatic rings. The highest BCUT2D eigenvalue weighted by Gasteiger charge is 2.09. The summed E-state index contributed by atoms with van der Waals surface area (Å²) in [5.41, 5.74) is 2.75. The molecule has 1 aromatic rings. The fourth-order valence-electron chi connectivity index (χ4n) is 1.28. The largest absolute Gasteiger partial charge is 0.0785 e. The molecule has 0 aliphatic heterocycles. The van der Waals surface area contributed by atoms with Gasteiger partial charge in [-0.2, -0.15) is 0 Å². The Balaban J connectivity index is 2.46. The summed E-state index contributed by atoms with van der Waals surface area (Å²) in [5, 5.41) is 0. The van der Waals surface area contributed by atoms with Crippen molar-refractivity contribution >= 4 is 22.0 Å². The van der Waals surface area contributed by atoms with Gasteiger partial charge in [-0.3, -0.25) is 0 Å². The Bertz CT molecular complexity index is 289. The van der Waals surface area contributed by atoms with Crippen LogP contribution in [0.1, 0.15) is 11.1 Å². The van der Waals surface area contributed by atoms with Crippen LogP contribution < -0.4 is 0 Å². The Morgan fingerprint density at radius 1 is 1.09 bits per heavy atom. The third-order valence-corrected chi connectivity index (χ3v) is 2.40. The zero-order chi connectivity index (χ0) is 7.68. The normalized spacial score (nSPS) is 16.5. The molecule has 0 heterocycles. The maximum Gasteiger partial charge on any atom is 0.0671 e. The van der Waals surface area contributed by atoms with Gasteiger partial charge in [0.15, 0.2) is 0 Å². The van der Waals surface area contributed by atoms with Crippen LogP contribution in [0.4, 0.5) is 0 Å². The van der Waals surface area contributed by atoms with Crippen LogP contribution in [0.5, 0.6) is 0 Å². The molecule has 1 aliphatic carbocycles. The van der Waals surface area contributed by atoms with E-state index in [1.807, 2.05) is 0 Å². The Morgan fingerprint density at radius 2 is 1.91 bits per heavy atom. The van der Waals surface area contributed by atoms with Crippen LogP contribution in [0.3, 0.4) is 0 Å². The molecule has 1 heteroatoms. The molecular formula is C10H8Br. The predicted molar refractivity (Wildman–Crippen MR) is 51.4 cm³/mol. The smallest absolute Gasteiger partial charge is 0.0671 e. The monoisotopic (exact) mass is 207 g/mol. The van der Waals surface area contributed by atoms with E-state index >= 15 is 0 Å². The molecule has 0 unspecified atom stereocenters. The summed E-state index contributed by atoms with van der Waals surface area (Å²) in [7, 11) is 0. The van der Waals surface area contributed by atoms with E-state index in [9.17, 15) is 0 Å². The highest BCUT2D eigenvalue weighted by atomic mass is 79.9. The van der Waals surface area contributed by atoms with E-state index in [0.717, 1.165) is 6.42 Å². The van der Waals surface area contributed by atoms with E-state index in [4.69, 9.17) is 0 Å². The SMILES string of the molecule is Br[C]1C=Cc2ccccc2C1. The number of hydrogen-bond donors (Lipinski definition) is 0. The molecule has 55 valence electrons. The van der Waals surface area contributed by atoms with Crippen LogP contribution in [-0.4, -0.2) is 0 Å². The lowest BCUT2D eigenvalue weighted by Gasteiger charge is -2.12. The highest BCUT2D eigenvalue weighted by molar-refractivity contribution is 9.11. The van der Waals surface area contributed by atoms with Crippen LogP contribution in [0, 0.1) is 4.83 Å². The first kappa shape index (κ1) is 7.11. The van der Waals surface area contributed by atoms with Crippen LogP contribution in [0.2, 0.25) is 0 Å². The maximum absolute atomic E-state index is 3.49. The third-order valence-electron chi connectivity index (χ3n) is 1.86. The minimum absolute atomic E-state index is 1.03. The van der Waals surface area contributed by atoms with Crippen molar-refractivity contribution < 1.29 is 0 Å². The average molecular weight is 208 g/mol. The molecule has 0 nitrogen and oxygen atoms in total. The molecule has 0 bridgehead atoms. The number of hydrogen-bond acceptors (Lipinski definition) is 0. The Hall–Kier alpha value is -0.560. The second kappa shape index (κ2) is 2.82. The van der Waals surface area contributed by atoms with Gasteiger partial charge in [0.05, 0.1) is 4.83 Å². The summed E-state index contributed by atoms with van der Waals surface area (Å²) in [5.74, 6) is 0. The second-order valence-electron chi connectivity index (χ2n) is 2.66. The fourth-order valence-corrected chi connectivity index (χ4v) is 1.71. The number of benzene rings is 1. The van der Waals surface area contributed by atoms with Crippen LogP contribution >= 0.6 is 15.9 Å². The van der Waals surface area contributed by atoms with E-state index in [-0.39, 0.29) is 0 Å².